The number of hydrogen-bond donors (Lipinski definition) is 1. The van der Waals surface area contributed by atoms with E-state index in [1.807, 2.05) is 0 Å². The summed E-state index contributed by atoms with van der Waals surface area (Å²) in [6, 6.07) is 10.8. The van der Waals surface area contributed by atoms with E-state index in [9.17, 15) is 0 Å². The maximum Gasteiger partial charge on any atom is 0.262 e. The minimum absolute atomic E-state index is 0.645. The lowest BCUT2D eigenvalue weighted by Crippen LogP contribution is -2.34. The van der Waals surface area contributed by atoms with Gasteiger partial charge in [0.25, 0.3) is 5.82 Å². The predicted octanol–water partition coefficient (Wildman–Crippen LogP) is 8.66. The highest BCUT2D eigenvalue weighted by atomic mass is 15.1. The van der Waals surface area contributed by atoms with Crippen LogP contribution in [0.15, 0.2) is 42.7 Å². The summed E-state index contributed by atoms with van der Waals surface area (Å²) in [5.74, 6) is 2.04. The smallest absolute Gasteiger partial charge is 0.247 e. The molecule has 0 unspecified atom stereocenters. The van der Waals surface area contributed by atoms with Gasteiger partial charge in [-0.3, -0.25) is 0 Å². The Morgan fingerprint density at radius 2 is 1.17 bits per heavy atom. The highest BCUT2D eigenvalue weighted by molar-refractivity contribution is 5.22. The van der Waals surface area contributed by atoms with Crippen LogP contribution in [0.4, 0.5) is 0 Å². The van der Waals surface area contributed by atoms with Crippen molar-refractivity contribution >= 4 is 0 Å². The second-order valence-electron chi connectivity index (χ2n) is 9.07. The van der Waals surface area contributed by atoms with Crippen molar-refractivity contribution in [2.45, 2.75) is 122 Å². The number of unbranched alkanes of at least 4 members (excludes halogenated alkanes) is 12. The van der Waals surface area contributed by atoms with E-state index in [2.05, 4.69) is 66.1 Å². The van der Waals surface area contributed by atoms with Gasteiger partial charge in [0.1, 0.15) is 18.1 Å². The Morgan fingerprint density at radius 3 is 1.70 bits per heavy atom. The summed E-state index contributed by atoms with van der Waals surface area (Å²) in [5.41, 5.74) is 1.27. The van der Waals surface area contributed by atoms with Crippen molar-refractivity contribution in [3.8, 4) is 5.69 Å². The van der Waals surface area contributed by atoms with E-state index >= 15 is 0 Å². The Kier molecular flexibility index (Phi) is 13.3. The molecule has 1 aromatic carbocycles. The Labute approximate surface area is 186 Å². The van der Waals surface area contributed by atoms with Crippen molar-refractivity contribution in [2.24, 2.45) is 0 Å². The number of benzene rings is 1. The molecule has 0 saturated carbocycles. The number of hydrogen-bond acceptors (Lipinski definition) is 0. The van der Waals surface area contributed by atoms with Crippen LogP contribution in [0.25, 0.3) is 5.69 Å². The number of rotatable bonds is 18. The van der Waals surface area contributed by atoms with Crippen LogP contribution in [0.2, 0.25) is 0 Å². The van der Waals surface area contributed by atoms with Crippen LogP contribution in [0.3, 0.4) is 0 Å². The lowest BCUT2D eigenvalue weighted by atomic mass is 9.93. The largest absolute Gasteiger partial charge is 0.262 e. The fraction of sp³-hybridized carbons (Fsp3) is 0.679. The van der Waals surface area contributed by atoms with Crippen LogP contribution in [-0.4, -0.2) is 4.98 Å². The molecule has 2 rings (SSSR count). The van der Waals surface area contributed by atoms with E-state index in [0.29, 0.717) is 5.92 Å². The zero-order chi connectivity index (χ0) is 21.3. The van der Waals surface area contributed by atoms with E-state index < -0.39 is 0 Å². The molecule has 0 fully saturated rings. The first kappa shape index (κ1) is 24.7. The first-order valence-electron chi connectivity index (χ1n) is 13.0. The molecular formula is C28H47N2+. The van der Waals surface area contributed by atoms with Crippen molar-refractivity contribution in [1.82, 2.24) is 4.98 Å². The first-order chi connectivity index (χ1) is 14.9. The SMILES string of the molecule is CCCCCCCCCCC[C@H](CCCCCCC)c1[nH]cc[n+]1-c1ccccc1. The van der Waals surface area contributed by atoms with Crippen LogP contribution in [0, 0.1) is 0 Å². The quantitative estimate of drug-likeness (QED) is 0.187. The standard InChI is InChI=1S/C28H46N2/c1-3-5-7-9-10-11-12-14-17-21-26(20-16-13-8-6-4-2)28-29-24-25-30(28)27-22-18-15-19-23-27/h15,18-19,22-26H,3-14,16-17,20-21H2,1-2H3/p+1/t26-/m0/s1. The predicted molar refractivity (Wildman–Crippen MR) is 130 cm³/mol. The van der Waals surface area contributed by atoms with Gasteiger partial charge in [-0.2, -0.15) is 4.57 Å². The number of imidazole rings is 1. The molecular weight excluding hydrogens is 364 g/mol. The molecule has 0 aliphatic heterocycles. The second kappa shape index (κ2) is 16.2. The topological polar surface area (TPSA) is 19.7 Å². The third-order valence-corrected chi connectivity index (χ3v) is 6.45. The molecule has 168 valence electrons. The zero-order valence-electron chi connectivity index (χ0n) is 19.9. The van der Waals surface area contributed by atoms with Crippen LogP contribution in [0.1, 0.15) is 128 Å². The molecule has 0 aliphatic rings. The molecule has 1 aromatic heterocycles. The first-order valence-corrected chi connectivity index (χ1v) is 13.0. The molecule has 1 heterocycles. The number of H-pyrrole nitrogens is 1. The molecule has 0 spiro atoms. The maximum absolute atomic E-state index is 3.60. The highest BCUT2D eigenvalue weighted by Crippen LogP contribution is 2.26. The van der Waals surface area contributed by atoms with Crippen molar-refractivity contribution in [3.05, 3.63) is 48.5 Å². The molecule has 0 aliphatic carbocycles. The fourth-order valence-electron chi connectivity index (χ4n) is 4.59. The van der Waals surface area contributed by atoms with E-state index in [-0.39, 0.29) is 0 Å². The summed E-state index contributed by atoms with van der Waals surface area (Å²) in [6.07, 6.45) is 26.5. The van der Waals surface area contributed by atoms with Crippen LogP contribution in [0.5, 0.6) is 0 Å². The molecule has 0 saturated heterocycles. The zero-order valence-corrected chi connectivity index (χ0v) is 19.9. The van der Waals surface area contributed by atoms with Crippen LogP contribution in [-0.2, 0) is 0 Å². The number of nitrogens with one attached hydrogen (secondary N) is 1. The third-order valence-electron chi connectivity index (χ3n) is 6.45. The summed E-state index contributed by atoms with van der Waals surface area (Å²) in [4.78, 5) is 3.60. The van der Waals surface area contributed by atoms with Gasteiger partial charge in [0, 0.05) is 0 Å². The highest BCUT2D eigenvalue weighted by Gasteiger charge is 2.23. The lowest BCUT2D eigenvalue weighted by Gasteiger charge is -2.14. The monoisotopic (exact) mass is 411 g/mol. The van der Waals surface area contributed by atoms with E-state index in [0.717, 1.165) is 0 Å². The Bertz CT molecular complexity index is 631. The van der Waals surface area contributed by atoms with Gasteiger partial charge in [-0.15, -0.1) is 0 Å². The molecule has 1 N–H and O–H groups in total. The van der Waals surface area contributed by atoms with Gasteiger partial charge in [-0.1, -0.05) is 122 Å². The summed E-state index contributed by atoms with van der Waals surface area (Å²) >= 11 is 0. The molecule has 0 bridgehead atoms. The van der Waals surface area contributed by atoms with Crippen molar-refractivity contribution in [2.75, 3.05) is 0 Å². The van der Waals surface area contributed by atoms with Gasteiger partial charge in [0.2, 0.25) is 0 Å². The summed E-state index contributed by atoms with van der Waals surface area (Å²) in [5, 5.41) is 0. The lowest BCUT2D eigenvalue weighted by molar-refractivity contribution is -0.604. The molecule has 30 heavy (non-hydrogen) atoms. The van der Waals surface area contributed by atoms with Gasteiger partial charge in [-0.05, 0) is 25.0 Å². The fourth-order valence-corrected chi connectivity index (χ4v) is 4.59. The molecule has 0 radical (unpaired) electrons. The summed E-state index contributed by atoms with van der Waals surface area (Å²) in [6.45, 7) is 4.60. The van der Waals surface area contributed by atoms with Gasteiger partial charge < -0.3 is 0 Å². The van der Waals surface area contributed by atoms with E-state index in [1.54, 1.807) is 0 Å². The van der Waals surface area contributed by atoms with Crippen LogP contribution >= 0.6 is 0 Å². The Hall–Kier alpha value is -1.57. The average molecular weight is 412 g/mol. The molecule has 2 aromatic rings. The minimum atomic E-state index is 0.645. The van der Waals surface area contributed by atoms with Gasteiger partial charge in [0.05, 0.1) is 5.92 Å². The molecule has 0 amide bonds. The van der Waals surface area contributed by atoms with E-state index in [4.69, 9.17) is 0 Å². The minimum Gasteiger partial charge on any atom is -0.247 e. The second-order valence-corrected chi connectivity index (χ2v) is 9.07. The van der Waals surface area contributed by atoms with Crippen LogP contribution < -0.4 is 4.57 Å². The number of para-hydroxylation sites is 1. The third kappa shape index (κ3) is 9.49. The number of aromatic amines is 1. The number of aromatic nitrogens is 2. The molecule has 2 nitrogen and oxygen atoms in total. The average Bonchev–Trinajstić information content (AvgIpc) is 3.27. The van der Waals surface area contributed by atoms with E-state index in [1.165, 1.54) is 114 Å². The number of nitrogens with zero attached hydrogens (tertiary/aromatic N) is 1. The summed E-state index contributed by atoms with van der Waals surface area (Å²) in [7, 11) is 0. The Morgan fingerprint density at radius 1 is 0.667 bits per heavy atom. The normalized spacial score (nSPS) is 12.3. The Balaban J connectivity index is 1.83. The molecule has 1 atom stereocenters. The van der Waals surface area contributed by atoms with Gasteiger partial charge in [0.15, 0.2) is 0 Å². The molecule has 2 heteroatoms. The summed E-state index contributed by atoms with van der Waals surface area (Å²) < 4.78 is 2.38. The van der Waals surface area contributed by atoms with Crippen molar-refractivity contribution in [3.63, 3.8) is 0 Å². The van der Waals surface area contributed by atoms with Crippen molar-refractivity contribution in [1.29, 1.82) is 0 Å². The van der Waals surface area contributed by atoms with Gasteiger partial charge >= 0.3 is 0 Å². The van der Waals surface area contributed by atoms with Gasteiger partial charge in [-0.25, -0.2) is 4.98 Å². The maximum atomic E-state index is 3.60. The van der Waals surface area contributed by atoms with Crippen molar-refractivity contribution < 1.29 is 4.57 Å².